The first kappa shape index (κ1) is 18.6. The summed E-state index contributed by atoms with van der Waals surface area (Å²) >= 11 is 0. The van der Waals surface area contributed by atoms with Crippen LogP contribution < -0.4 is 4.90 Å². The van der Waals surface area contributed by atoms with Crippen molar-refractivity contribution < 1.29 is 18.0 Å². The Labute approximate surface area is 153 Å². The van der Waals surface area contributed by atoms with Crippen LogP contribution in [0.1, 0.15) is 12.5 Å². The van der Waals surface area contributed by atoms with Crippen molar-refractivity contribution in [2.45, 2.75) is 19.6 Å². The van der Waals surface area contributed by atoms with Gasteiger partial charge in [-0.05, 0) is 36.4 Å². The molecule has 0 aliphatic rings. The maximum Gasteiger partial charge on any atom is 0.416 e. The summed E-state index contributed by atoms with van der Waals surface area (Å²) in [4.78, 5) is 15.2. The van der Waals surface area contributed by atoms with Crippen molar-refractivity contribution in [3.05, 3.63) is 60.2 Å². The van der Waals surface area contributed by atoms with Crippen LogP contribution in [-0.2, 0) is 17.5 Å². The third kappa shape index (κ3) is 4.30. The van der Waals surface area contributed by atoms with E-state index in [4.69, 9.17) is 0 Å². The maximum atomic E-state index is 12.8. The second kappa shape index (κ2) is 7.56. The highest BCUT2D eigenvalue weighted by Crippen LogP contribution is 2.31. The lowest BCUT2D eigenvalue weighted by Gasteiger charge is -2.20. The van der Waals surface area contributed by atoms with E-state index in [0.717, 1.165) is 22.6 Å². The van der Waals surface area contributed by atoms with Crippen LogP contribution in [0.3, 0.4) is 0 Å². The fourth-order valence-electron chi connectivity index (χ4n) is 2.58. The van der Waals surface area contributed by atoms with Crippen molar-refractivity contribution in [2.75, 3.05) is 11.4 Å². The number of halogens is 3. The van der Waals surface area contributed by atoms with Crippen molar-refractivity contribution in [3.63, 3.8) is 0 Å². The Balaban J connectivity index is 1.77. The quantitative estimate of drug-likeness (QED) is 0.686. The standard InChI is InChI=1S/C18H16F3N5O/c1-2-25(15-9-4-3-5-10-15)16(27)12-26-23-17(22-24-26)13-7-6-8-14(11-13)18(19,20)21/h3-11H,2,12H2,1H3. The second-order valence-electron chi connectivity index (χ2n) is 5.70. The molecule has 0 N–H and O–H groups in total. The molecule has 9 heteroatoms. The van der Waals surface area contributed by atoms with E-state index in [1.807, 2.05) is 37.3 Å². The van der Waals surface area contributed by atoms with Gasteiger partial charge in [-0.3, -0.25) is 4.79 Å². The first-order valence-electron chi connectivity index (χ1n) is 8.19. The van der Waals surface area contributed by atoms with Gasteiger partial charge in [0.15, 0.2) is 0 Å². The number of anilines is 1. The van der Waals surface area contributed by atoms with E-state index in [0.29, 0.717) is 6.54 Å². The number of nitrogens with zero attached hydrogens (tertiary/aromatic N) is 5. The van der Waals surface area contributed by atoms with Crippen LogP contribution in [0.5, 0.6) is 0 Å². The smallest absolute Gasteiger partial charge is 0.311 e. The van der Waals surface area contributed by atoms with Gasteiger partial charge in [0.05, 0.1) is 5.56 Å². The summed E-state index contributed by atoms with van der Waals surface area (Å²) in [5.74, 6) is -0.228. The molecule has 2 aromatic carbocycles. The highest BCUT2D eigenvalue weighted by molar-refractivity contribution is 5.92. The van der Waals surface area contributed by atoms with Gasteiger partial charge >= 0.3 is 6.18 Å². The van der Waals surface area contributed by atoms with Crippen LogP contribution in [-0.4, -0.2) is 32.7 Å². The van der Waals surface area contributed by atoms with Gasteiger partial charge in [0.1, 0.15) is 6.54 Å². The summed E-state index contributed by atoms with van der Waals surface area (Å²) in [6.07, 6.45) is -4.46. The molecular weight excluding hydrogens is 359 g/mol. The van der Waals surface area contributed by atoms with Crippen molar-refractivity contribution in [1.29, 1.82) is 0 Å². The molecule has 0 fully saturated rings. The fourth-order valence-corrected chi connectivity index (χ4v) is 2.58. The highest BCUT2D eigenvalue weighted by Gasteiger charge is 2.30. The van der Waals surface area contributed by atoms with Crippen LogP contribution >= 0.6 is 0 Å². The predicted molar refractivity (Wildman–Crippen MR) is 92.7 cm³/mol. The van der Waals surface area contributed by atoms with Gasteiger partial charge < -0.3 is 4.90 Å². The molecule has 1 amide bonds. The maximum absolute atomic E-state index is 12.8. The molecule has 1 aromatic heterocycles. The predicted octanol–water partition coefficient (Wildman–Crippen LogP) is 3.41. The molecule has 0 saturated carbocycles. The molecule has 3 rings (SSSR count). The first-order valence-corrected chi connectivity index (χ1v) is 8.19. The number of para-hydroxylation sites is 1. The van der Waals surface area contributed by atoms with E-state index in [9.17, 15) is 18.0 Å². The Morgan fingerprint density at radius 1 is 1.11 bits per heavy atom. The Bertz CT molecular complexity index is 924. The largest absolute Gasteiger partial charge is 0.416 e. The number of hydrogen-bond acceptors (Lipinski definition) is 4. The molecule has 0 unspecified atom stereocenters. The van der Waals surface area contributed by atoms with E-state index in [1.54, 1.807) is 4.90 Å². The zero-order valence-corrected chi connectivity index (χ0v) is 14.4. The molecule has 1 heterocycles. The average Bonchev–Trinajstić information content (AvgIpc) is 3.11. The number of rotatable bonds is 5. The van der Waals surface area contributed by atoms with Crippen LogP contribution in [0.4, 0.5) is 18.9 Å². The Kier molecular flexibility index (Phi) is 5.20. The number of carbonyl (C=O) groups is 1. The lowest BCUT2D eigenvalue weighted by Crippen LogP contribution is -2.34. The molecule has 6 nitrogen and oxygen atoms in total. The van der Waals surface area contributed by atoms with Gasteiger partial charge in [-0.25, -0.2) is 0 Å². The number of likely N-dealkylation sites (N-methyl/N-ethyl adjacent to an activating group) is 1. The molecular formula is C18H16F3N5O. The third-order valence-corrected chi connectivity index (χ3v) is 3.86. The van der Waals surface area contributed by atoms with Crippen LogP contribution in [0, 0.1) is 0 Å². The molecule has 0 atom stereocenters. The number of benzene rings is 2. The van der Waals surface area contributed by atoms with E-state index < -0.39 is 11.7 Å². The molecule has 27 heavy (non-hydrogen) atoms. The van der Waals surface area contributed by atoms with E-state index in [2.05, 4.69) is 15.4 Å². The molecule has 140 valence electrons. The van der Waals surface area contributed by atoms with E-state index >= 15 is 0 Å². The summed E-state index contributed by atoms with van der Waals surface area (Å²) in [5.41, 5.74) is 0.121. The minimum absolute atomic E-state index is 0.0247. The van der Waals surface area contributed by atoms with Crippen molar-refractivity contribution in [3.8, 4) is 11.4 Å². The molecule has 0 spiro atoms. The van der Waals surface area contributed by atoms with Gasteiger partial charge in [-0.1, -0.05) is 30.3 Å². The number of amides is 1. The zero-order chi connectivity index (χ0) is 19.4. The molecule has 0 bridgehead atoms. The minimum atomic E-state index is -4.46. The average molecular weight is 375 g/mol. The van der Waals surface area contributed by atoms with Crippen LogP contribution in [0.25, 0.3) is 11.4 Å². The van der Waals surface area contributed by atoms with Crippen LogP contribution in [0.2, 0.25) is 0 Å². The third-order valence-electron chi connectivity index (χ3n) is 3.86. The monoisotopic (exact) mass is 375 g/mol. The Hall–Kier alpha value is -3.23. The molecule has 0 saturated heterocycles. The topological polar surface area (TPSA) is 63.9 Å². The fraction of sp³-hybridized carbons (Fsp3) is 0.222. The summed E-state index contributed by atoms with van der Waals surface area (Å²) < 4.78 is 38.5. The van der Waals surface area contributed by atoms with Gasteiger partial charge in [0, 0.05) is 17.8 Å². The summed E-state index contributed by atoms with van der Waals surface area (Å²) in [5, 5.41) is 11.6. The van der Waals surface area contributed by atoms with E-state index in [-0.39, 0.29) is 23.8 Å². The highest BCUT2D eigenvalue weighted by atomic mass is 19.4. The molecule has 3 aromatic rings. The lowest BCUT2D eigenvalue weighted by atomic mass is 10.1. The van der Waals surface area contributed by atoms with Crippen molar-refractivity contribution in [1.82, 2.24) is 20.2 Å². The van der Waals surface area contributed by atoms with Gasteiger partial charge in [0.2, 0.25) is 5.82 Å². The molecule has 0 aliphatic carbocycles. The normalized spacial score (nSPS) is 11.4. The van der Waals surface area contributed by atoms with Crippen molar-refractivity contribution >= 4 is 11.6 Å². The Morgan fingerprint density at radius 3 is 2.52 bits per heavy atom. The number of tetrazole rings is 1. The van der Waals surface area contributed by atoms with Crippen molar-refractivity contribution in [2.24, 2.45) is 0 Å². The summed E-state index contributed by atoms with van der Waals surface area (Å²) in [6.45, 7) is 2.13. The van der Waals surface area contributed by atoms with Gasteiger partial charge in [-0.15, -0.1) is 10.2 Å². The lowest BCUT2D eigenvalue weighted by molar-refractivity contribution is -0.137. The number of alkyl halides is 3. The van der Waals surface area contributed by atoms with Gasteiger partial charge in [0.25, 0.3) is 5.91 Å². The SMILES string of the molecule is CCN(C(=O)Cn1nnc(-c2cccc(C(F)(F)F)c2)n1)c1ccccc1. The van der Waals surface area contributed by atoms with Crippen LogP contribution in [0.15, 0.2) is 54.6 Å². The van der Waals surface area contributed by atoms with Gasteiger partial charge in [-0.2, -0.15) is 18.0 Å². The summed E-state index contributed by atoms with van der Waals surface area (Å²) in [6, 6.07) is 13.8. The number of carbonyl (C=O) groups excluding carboxylic acids is 1. The number of hydrogen-bond donors (Lipinski definition) is 0. The summed E-state index contributed by atoms with van der Waals surface area (Å²) in [7, 11) is 0. The minimum Gasteiger partial charge on any atom is -0.311 e. The Morgan fingerprint density at radius 2 is 1.85 bits per heavy atom. The van der Waals surface area contributed by atoms with E-state index in [1.165, 1.54) is 12.1 Å². The number of aromatic nitrogens is 4. The zero-order valence-electron chi connectivity index (χ0n) is 14.4. The second-order valence-corrected chi connectivity index (χ2v) is 5.70. The molecule has 0 radical (unpaired) electrons. The molecule has 0 aliphatic heterocycles. The first-order chi connectivity index (χ1) is 12.9.